The average Bonchev–Trinajstić information content (AvgIpc) is 2.58. The number of halogens is 1. The van der Waals surface area contributed by atoms with Crippen LogP contribution >= 0.6 is 24.0 Å². The molecule has 0 fully saturated rings. The predicted molar refractivity (Wildman–Crippen MR) is 113 cm³/mol. The van der Waals surface area contributed by atoms with Crippen LogP contribution in [0.25, 0.3) is 0 Å². The van der Waals surface area contributed by atoms with E-state index in [1.54, 1.807) is 7.11 Å². The molecule has 1 aromatic carbocycles. The van der Waals surface area contributed by atoms with Crippen molar-refractivity contribution >= 4 is 40.0 Å². The molecule has 0 saturated carbocycles. The molecule has 0 aliphatic rings. The molecule has 7 nitrogen and oxygen atoms in total. The van der Waals surface area contributed by atoms with Gasteiger partial charge in [-0.05, 0) is 18.9 Å². The fourth-order valence-corrected chi connectivity index (χ4v) is 2.81. The lowest BCUT2D eigenvalue weighted by molar-refractivity contribution is 0.197. The highest BCUT2D eigenvalue weighted by Crippen LogP contribution is 1.98. The Hall–Kier alpha value is -0.910. The first kappa shape index (κ1) is 24.1. The second kappa shape index (κ2) is 14.3. The van der Waals surface area contributed by atoms with Crippen LogP contribution in [-0.4, -0.2) is 53.5 Å². The summed E-state index contributed by atoms with van der Waals surface area (Å²) in [4.78, 5) is 4.36. The van der Waals surface area contributed by atoms with Crippen LogP contribution in [-0.2, 0) is 21.3 Å². The summed E-state index contributed by atoms with van der Waals surface area (Å²) in [5.74, 6) is 0.606. The molecule has 1 aromatic rings. The van der Waals surface area contributed by atoms with E-state index in [1.807, 2.05) is 37.3 Å². The lowest BCUT2D eigenvalue weighted by Crippen LogP contribution is -2.41. The van der Waals surface area contributed by atoms with Crippen molar-refractivity contribution in [1.82, 2.24) is 15.4 Å². The first-order chi connectivity index (χ1) is 11.6. The number of hydrogen-bond acceptors (Lipinski definition) is 4. The van der Waals surface area contributed by atoms with E-state index in [0.29, 0.717) is 32.2 Å². The zero-order valence-electron chi connectivity index (χ0n) is 14.8. The van der Waals surface area contributed by atoms with Crippen molar-refractivity contribution in [3.63, 3.8) is 0 Å². The number of benzene rings is 1. The van der Waals surface area contributed by atoms with Crippen molar-refractivity contribution in [2.75, 3.05) is 39.1 Å². The van der Waals surface area contributed by atoms with Gasteiger partial charge < -0.3 is 15.4 Å². The molecule has 0 unspecified atom stereocenters. The normalized spacial score (nSPS) is 11.7. The maximum absolute atomic E-state index is 12.0. The minimum absolute atomic E-state index is 0. The van der Waals surface area contributed by atoms with Crippen molar-refractivity contribution < 1.29 is 13.2 Å². The number of methoxy groups -OCH3 is 1. The number of guanidine groups is 1. The summed E-state index contributed by atoms with van der Waals surface area (Å²) in [5.41, 5.74) is 0.932. The molecule has 0 radical (unpaired) electrons. The number of nitrogens with one attached hydrogen (secondary N) is 3. The fourth-order valence-electron chi connectivity index (χ4n) is 1.91. The summed E-state index contributed by atoms with van der Waals surface area (Å²) >= 11 is 0. The fraction of sp³-hybridized carbons (Fsp3) is 0.562. The van der Waals surface area contributed by atoms with Gasteiger partial charge in [0.15, 0.2) is 5.96 Å². The molecule has 0 saturated heterocycles. The van der Waals surface area contributed by atoms with Crippen molar-refractivity contribution in [2.24, 2.45) is 4.99 Å². The smallest absolute Gasteiger partial charge is 0.213 e. The first-order valence-corrected chi connectivity index (χ1v) is 9.75. The summed E-state index contributed by atoms with van der Waals surface area (Å²) < 4.78 is 31.6. The Bertz CT molecular complexity index is 582. The van der Waals surface area contributed by atoms with Crippen LogP contribution in [0.1, 0.15) is 18.9 Å². The quantitative estimate of drug-likeness (QED) is 0.191. The molecule has 3 N–H and O–H groups in total. The first-order valence-electron chi connectivity index (χ1n) is 8.09. The summed E-state index contributed by atoms with van der Waals surface area (Å²) in [6, 6.07) is 9.44. The Morgan fingerprint density at radius 1 is 1.20 bits per heavy atom. The molecular weight excluding hydrogens is 455 g/mol. The van der Waals surface area contributed by atoms with E-state index < -0.39 is 10.0 Å². The minimum Gasteiger partial charge on any atom is -0.385 e. The van der Waals surface area contributed by atoms with Gasteiger partial charge in [-0.25, -0.2) is 13.1 Å². The van der Waals surface area contributed by atoms with E-state index in [0.717, 1.165) is 18.5 Å². The number of ether oxygens (including phenoxy) is 1. The highest BCUT2D eigenvalue weighted by molar-refractivity contribution is 14.0. The number of nitrogens with zero attached hydrogens (tertiary/aromatic N) is 1. The maximum atomic E-state index is 12.0. The van der Waals surface area contributed by atoms with Crippen LogP contribution in [0.4, 0.5) is 0 Å². The Kier molecular flexibility index (Phi) is 13.8. The SMILES string of the molecule is CCNC(=NCCCOC)NCCS(=O)(=O)NCc1ccccc1.I. The summed E-state index contributed by atoms with van der Waals surface area (Å²) in [6.45, 7) is 4.55. The highest BCUT2D eigenvalue weighted by atomic mass is 127. The third-order valence-corrected chi connectivity index (χ3v) is 4.45. The molecule has 0 spiro atoms. The van der Waals surface area contributed by atoms with Crippen molar-refractivity contribution in [2.45, 2.75) is 19.9 Å². The standard InChI is InChI=1S/C16H28N4O3S.HI/c1-3-17-16(18-10-7-12-23-2)19-11-13-24(21,22)20-14-15-8-5-4-6-9-15;/h4-6,8-9,20H,3,7,10-14H2,1-2H3,(H2,17,18,19);1H. The van der Waals surface area contributed by atoms with Gasteiger partial charge in [0.2, 0.25) is 10.0 Å². The van der Waals surface area contributed by atoms with Crippen molar-refractivity contribution in [1.29, 1.82) is 0 Å². The molecule has 144 valence electrons. The molecule has 1 rings (SSSR count). The Morgan fingerprint density at radius 2 is 1.92 bits per heavy atom. The average molecular weight is 484 g/mol. The highest BCUT2D eigenvalue weighted by Gasteiger charge is 2.10. The van der Waals surface area contributed by atoms with Crippen LogP contribution in [0, 0.1) is 0 Å². The number of hydrogen-bond donors (Lipinski definition) is 3. The van der Waals surface area contributed by atoms with E-state index in [-0.39, 0.29) is 29.7 Å². The third kappa shape index (κ3) is 12.1. The molecule has 0 heterocycles. The molecule has 0 aliphatic heterocycles. The van der Waals surface area contributed by atoms with Crippen molar-refractivity contribution in [3.05, 3.63) is 35.9 Å². The monoisotopic (exact) mass is 484 g/mol. The van der Waals surface area contributed by atoms with Crippen LogP contribution < -0.4 is 15.4 Å². The molecule has 0 bridgehead atoms. The van der Waals surface area contributed by atoms with Crippen molar-refractivity contribution in [3.8, 4) is 0 Å². The lowest BCUT2D eigenvalue weighted by atomic mass is 10.2. The van der Waals surface area contributed by atoms with Gasteiger partial charge in [0.1, 0.15) is 0 Å². The van der Waals surface area contributed by atoms with Gasteiger partial charge in [0.05, 0.1) is 5.75 Å². The van der Waals surface area contributed by atoms with Gasteiger partial charge in [-0.2, -0.15) is 0 Å². The maximum Gasteiger partial charge on any atom is 0.213 e. The molecular formula is C16H29IN4O3S. The van der Waals surface area contributed by atoms with Gasteiger partial charge in [0.25, 0.3) is 0 Å². The van der Waals surface area contributed by atoms with E-state index in [1.165, 1.54) is 0 Å². The summed E-state index contributed by atoms with van der Waals surface area (Å²) in [7, 11) is -1.68. The Morgan fingerprint density at radius 3 is 2.56 bits per heavy atom. The molecule has 9 heteroatoms. The largest absolute Gasteiger partial charge is 0.385 e. The number of rotatable bonds is 11. The van der Waals surface area contributed by atoms with Gasteiger partial charge in [-0.1, -0.05) is 30.3 Å². The third-order valence-electron chi connectivity index (χ3n) is 3.12. The Labute approximate surface area is 168 Å². The second-order valence-electron chi connectivity index (χ2n) is 5.16. The Balaban J connectivity index is 0.00000576. The predicted octanol–water partition coefficient (Wildman–Crippen LogP) is 1.32. The molecule has 25 heavy (non-hydrogen) atoms. The summed E-state index contributed by atoms with van der Waals surface area (Å²) in [5, 5.41) is 6.12. The van der Waals surface area contributed by atoms with Gasteiger partial charge in [-0.3, -0.25) is 4.99 Å². The van der Waals surface area contributed by atoms with E-state index in [2.05, 4.69) is 20.3 Å². The zero-order valence-corrected chi connectivity index (χ0v) is 18.0. The van der Waals surface area contributed by atoms with Crippen LogP contribution in [0.2, 0.25) is 0 Å². The topological polar surface area (TPSA) is 91.8 Å². The summed E-state index contributed by atoms with van der Waals surface area (Å²) in [6.07, 6.45) is 0.823. The van der Waals surface area contributed by atoms with E-state index in [9.17, 15) is 8.42 Å². The van der Waals surface area contributed by atoms with E-state index >= 15 is 0 Å². The molecule has 0 atom stereocenters. The molecule has 0 aliphatic carbocycles. The lowest BCUT2D eigenvalue weighted by Gasteiger charge is -2.12. The van der Waals surface area contributed by atoms with Gasteiger partial charge in [0, 0.05) is 39.9 Å². The van der Waals surface area contributed by atoms with Crippen LogP contribution in [0.3, 0.4) is 0 Å². The second-order valence-corrected chi connectivity index (χ2v) is 7.09. The number of aliphatic imine (C=N–C) groups is 1. The van der Waals surface area contributed by atoms with Gasteiger partial charge in [-0.15, -0.1) is 24.0 Å². The van der Waals surface area contributed by atoms with Crippen LogP contribution in [0.15, 0.2) is 35.3 Å². The van der Waals surface area contributed by atoms with Gasteiger partial charge >= 0.3 is 0 Å². The zero-order chi connectivity index (χ0) is 17.7. The minimum atomic E-state index is -3.33. The molecule has 0 amide bonds. The van der Waals surface area contributed by atoms with Crippen LogP contribution in [0.5, 0.6) is 0 Å². The number of sulfonamides is 1. The molecule has 0 aromatic heterocycles. The van der Waals surface area contributed by atoms with E-state index in [4.69, 9.17) is 4.74 Å².